The molecule has 0 unspecified atom stereocenters. The highest BCUT2D eigenvalue weighted by Crippen LogP contribution is 2.51. The number of allylic oxidation sites excluding steroid dienone is 3. The SMILES string of the molecule is CCc1ccc([C@@H]2C(C#N)=C(N)N(c3ccc(Cl)c([N+](=O)[O-])c3)C3=C2C(=O)CC(C)(C)C3)s1. The van der Waals surface area contributed by atoms with Crippen molar-refractivity contribution in [1.82, 2.24) is 0 Å². The summed E-state index contributed by atoms with van der Waals surface area (Å²) >= 11 is 7.60. The van der Waals surface area contributed by atoms with E-state index in [2.05, 4.69) is 13.0 Å². The smallest absolute Gasteiger partial charge is 0.289 e. The molecule has 2 N–H and O–H groups in total. The van der Waals surface area contributed by atoms with Crippen molar-refractivity contribution >= 4 is 40.1 Å². The first kappa shape index (κ1) is 23.0. The summed E-state index contributed by atoms with van der Waals surface area (Å²) < 4.78 is 0. The molecule has 170 valence electrons. The molecule has 7 nitrogen and oxygen atoms in total. The van der Waals surface area contributed by atoms with Crippen LogP contribution in [0.3, 0.4) is 0 Å². The lowest BCUT2D eigenvalue weighted by Crippen LogP contribution is -2.42. The third kappa shape index (κ3) is 3.92. The number of rotatable bonds is 4. The van der Waals surface area contributed by atoms with E-state index in [4.69, 9.17) is 17.3 Å². The Balaban J connectivity index is 1.99. The maximum Gasteiger partial charge on any atom is 0.289 e. The summed E-state index contributed by atoms with van der Waals surface area (Å²) in [7, 11) is 0. The number of carbonyl (C=O) groups is 1. The van der Waals surface area contributed by atoms with Gasteiger partial charge >= 0.3 is 0 Å². The van der Waals surface area contributed by atoms with Gasteiger partial charge in [0.2, 0.25) is 0 Å². The lowest BCUT2D eigenvalue weighted by molar-refractivity contribution is -0.384. The molecule has 4 rings (SSSR count). The number of hydrogen-bond acceptors (Lipinski definition) is 7. The topological polar surface area (TPSA) is 113 Å². The van der Waals surface area contributed by atoms with E-state index in [-0.39, 0.29) is 33.3 Å². The van der Waals surface area contributed by atoms with Gasteiger partial charge in [-0.3, -0.25) is 19.8 Å². The van der Waals surface area contributed by atoms with Gasteiger partial charge < -0.3 is 5.73 Å². The van der Waals surface area contributed by atoms with Gasteiger partial charge in [-0.1, -0.05) is 32.4 Å². The highest BCUT2D eigenvalue weighted by molar-refractivity contribution is 7.12. The van der Waals surface area contributed by atoms with E-state index in [1.807, 2.05) is 26.0 Å². The van der Waals surface area contributed by atoms with Gasteiger partial charge in [0.25, 0.3) is 5.69 Å². The maximum atomic E-state index is 13.5. The molecule has 2 aromatic rings. The van der Waals surface area contributed by atoms with Crippen LogP contribution in [0, 0.1) is 26.9 Å². The predicted octanol–water partition coefficient (Wildman–Crippen LogP) is 5.81. The largest absolute Gasteiger partial charge is 0.384 e. The van der Waals surface area contributed by atoms with Crippen LogP contribution in [0.4, 0.5) is 11.4 Å². The number of nitrogens with zero attached hydrogens (tertiary/aromatic N) is 3. The first-order valence-electron chi connectivity index (χ1n) is 10.6. The van der Waals surface area contributed by atoms with Gasteiger partial charge in [-0.15, -0.1) is 11.3 Å². The number of nitro groups is 1. The zero-order valence-electron chi connectivity index (χ0n) is 18.5. The Bertz CT molecular complexity index is 1280. The lowest BCUT2D eigenvalue weighted by Gasteiger charge is -2.43. The molecular weight excluding hydrogens is 460 g/mol. The predicted molar refractivity (Wildman–Crippen MR) is 129 cm³/mol. The van der Waals surface area contributed by atoms with E-state index in [0.29, 0.717) is 29.8 Å². The summed E-state index contributed by atoms with van der Waals surface area (Å²) in [5, 5.41) is 21.6. The summed E-state index contributed by atoms with van der Waals surface area (Å²) in [5.74, 6) is -0.404. The van der Waals surface area contributed by atoms with Gasteiger partial charge in [0.15, 0.2) is 5.78 Å². The number of nitriles is 1. The van der Waals surface area contributed by atoms with Crippen LogP contribution in [0.25, 0.3) is 0 Å². The second-order valence-corrected chi connectivity index (χ2v) is 10.6. The molecule has 1 atom stereocenters. The van der Waals surface area contributed by atoms with Crippen molar-refractivity contribution in [3.8, 4) is 6.07 Å². The van der Waals surface area contributed by atoms with Crippen molar-refractivity contribution in [2.24, 2.45) is 11.1 Å². The van der Waals surface area contributed by atoms with E-state index in [1.165, 1.54) is 12.1 Å². The van der Waals surface area contributed by atoms with Crippen molar-refractivity contribution in [3.63, 3.8) is 0 Å². The lowest BCUT2D eigenvalue weighted by atomic mass is 9.69. The second kappa shape index (κ2) is 8.32. The molecule has 0 saturated carbocycles. The molecule has 0 spiro atoms. The van der Waals surface area contributed by atoms with Crippen LogP contribution < -0.4 is 10.6 Å². The quantitative estimate of drug-likeness (QED) is 0.434. The molecule has 0 fully saturated rings. The monoisotopic (exact) mass is 482 g/mol. The van der Waals surface area contributed by atoms with Crippen LogP contribution in [-0.4, -0.2) is 10.7 Å². The van der Waals surface area contributed by atoms with E-state index < -0.39 is 10.8 Å². The molecule has 33 heavy (non-hydrogen) atoms. The number of hydrogen-bond donors (Lipinski definition) is 1. The molecule has 1 aromatic heterocycles. The van der Waals surface area contributed by atoms with Gasteiger partial charge in [0.1, 0.15) is 10.8 Å². The third-order valence-corrected chi connectivity index (χ3v) is 7.70. The molecule has 9 heteroatoms. The molecule has 0 amide bonds. The average Bonchev–Trinajstić information content (AvgIpc) is 3.21. The fourth-order valence-corrected chi connectivity index (χ4v) is 5.87. The Morgan fingerprint density at radius 1 is 1.33 bits per heavy atom. The second-order valence-electron chi connectivity index (χ2n) is 9.03. The van der Waals surface area contributed by atoms with Crippen LogP contribution >= 0.6 is 22.9 Å². The molecule has 2 heterocycles. The Morgan fingerprint density at radius 2 is 2.06 bits per heavy atom. The standard InChI is InChI=1S/C24H23ClN4O3S/c1-4-14-6-8-20(33-14)21-15(12-26)23(27)28(13-5-7-16(25)17(9-13)29(31)32)18-10-24(2,3)11-19(30)22(18)21/h5-9,21H,4,10-11,27H2,1-3H3/t21-/m0/s1. The van der Waals surface area contributed by atoms with E-state index in [9.17, 15) is 20.2 Å². The van der Waals surface area contributed by atoms with Gasteiger partial charge in [0, 0.05) is 33.5 Å². The number of carbonyl (C=O) groups excluding carboxylic acids is 1. The normalized spacial score (nSPS) is 20.0. The number of anilines is 1. The van der Waals surface area contributed by atoms with Crippen molar-refractivity contribution < 1.29 is 9.72 Å². The van der Waals surface area contributed by atoms with Gasteiger partial charge in [-0.05, 0) is 42.5 Å². The number of nitrogens with two attached hydrogens (primary N) is 1. The van der Waals surface area contributed by atoms with Crippen LogP contribution in [0.15, 0.2) is 53.0 Å². The Hall–Kier alpha value is -3.15. The van der Waals surface area contributed by atoms with E-state index in [1.54, 1.807) is 22.3 Å². The number of benzene rings is 1. The van der Waals surface area contributed by atoms with E-state index >= 15 is 0 Å². The number of ketones is 1. The van der Waals surface area contributed by atoms with Gasteiger partial charge in [-0.2, -0.15) is 5.26 Å². The van der Waals surface area contributed by atoms with Crippen LogP contribution in [0.5, 0.6) is 0 Å². The summed E-state index contributed by atoms with van der Waals surface area (Å²) in [6.45, 7) is 6.07. The average molecular weight is 483 g/mol. The Morgan fingerprint density at radius 3 is 2.67 bits per heavy atom. The molecule has 0 radical (unpaired) electrons. The molecule has 1 aromatic carbocycles. The Labute approximate surface area is 200 Å². The minimum Gasteiger partial charge on any atom is -0.384 e. The first-order chi connectivity index (χ1) is 15.6. The van der Waals surface area contributed by atoms with Crippen molar-refractivity contribution in [2.75, 3.05) is 4.90 Å². The van der Waals surface area contributed by atoms with Crippen LogP contribution in [0.2, 0.25) is 5.02 Å². The van der Waals surface area contributed by atoms with Crippen molar-refractivity contribution in [3.05, 3.63) is 77.9 Å². The highest BCUT2D eigenvalue weighted by atomic mass is 35.5. The van der Waals surface area contributed by atoms with Gasteiger partial charge in [0.05, 0.1) is 28.2 Å². The van der Waals surface area contributed by atoms with Crippen molar-refractivity contribution in [1.29, 1.82) is 5.26 Å². The number of aryl methyl sites for hydroxylation is 1. The maximum absolute atomic E-state index is 13.5. The molecular formula is C24H23ClN4O3S. The summed E-state index contributed by atoms with van der Waals surface area (Å²) in [5.41, 5.74) is 7.87. The summed E-state index contributed by atoms with van der Waals surface area (Å²) in [4.78, 5) is 28.1. The number of Topliss-reactive ketones (excluding diaryl/α,β-unsaturated/α-hetero) is 1. The molecule has 1 aliphatic heterocycles. The summed E-state index contributed by atoms with van der Waals surface area (Å²) in [6.07, 6.45) is 1.74. The number of nitro benzene ring substituents is 1. The molecule has 0 saturated heterocycles. The first-order valence-corrected chi connectivity index (χ1v) is 11.8. The third-order valence-electron chi connectivity index (χ3n) is 6.08. The number of halogens is 1. The fraction of sp³-hybridized carbons (Fsp3) is 0.333. The highest BCUT2D eigenvalue weighted by Gasteiger charge is 2.45. The number of thiophene rings is 1. The zero-order valence-corrected chi connectivity index (χ0v) is 20.1. The van der Waals surface area contributed by atoms with Crippen molar-refractivity contribution in [2.45, 2.75) is 46.0 Å². The van der Waals surface area contributed by atoms with Crippen LogP contribution in [-0.2, 0) is 11.2 Å². The molecule has 2 aliphatic rings. The van der Waals surface area contributed by atoms with Gasteiger partial charge in [-0.25, -0.2) is 0 Å². The molecule has 1 aliphatic carbocycles. The minimum absolute atomic E-state index is 0.00151. The van der Waals surface area contributed by atoms with Crippen LogP contribution in [0.1, 0.15) is 49.3 Å². The Kier molecular flexibility index (Phi) is 5.81. The molecule has 0 bridgehead atoms. The zero-order chi connectivity index (χ0) is 24.1. The summed E-state index contributed by atoms with van der Waals surface area (Å²) in [6, 6.07) is 10.6. The minimum atomic E-state index is -0.563. The van der Waals surface area contributed by atoms with E-state index in [0.717, 1.165) is 16.2 Å². The fourth-order valence-electron chi connectivity index (χ4n) is 4.61.